The van der Waals surface area contributed by atoms with Gasteiger partial charge in [-0.25, -0.2) is 26.3 Å². The second-order valence-corrected chi connectivity index (χ2v) is 21.7. The van der Waals surface area contributed by atoms with Crippen LogP contribution in [0.1, 0.15) is 239 Å². The van der Waals surface area contributed by atoms with Crippen molar-refractivity contribution >= 4 is 26.0 Å². The van der Waals surface area contributed by atoms with Gasteiger partial charge in [0.1, 0.15) is 6.04 Å². The molecule has 0 heterocycles. The van der Waals surface area contributed by atoms with E-state index in [1.807, 2.05) is 0 Å². The Morgan fingerprint density at radius 2 is 0.770 bits per heavy atom. The first-order chi connectivity index (χ1) is 29.7. The molecule has 1 atom stereocenters. The third kappa shape index (κ3) is 45.5. The van der Waals surface area contributed by atoms with Gasteiger partial charge in [-0.2, -0.15) is 0 Å². The lowest BCUT2D eigenvalue weighted by atomic mass is 10.0. The highest BCUT2D eigenvalue weighted by Crippen LogP contribution is 2.15. The summed E-state index contributed by atoms with van der Waals surface area (Å²) in [6.07, 6.45) is 39.3. The lowest BCUT2D eigenvalue weighted by molar-refractivity contribution is -0.122. The molecule has 0 aromatic rings. The van der Waals surface area contributed by atoms with Crippen LogP contribution >= 0.6 is 0 Å². The summed E-state index contributed by atoms with van der Waals surface area (Å²) in [5.74, 6) is -0.164. The van der Waals surface area contributed by atoms with Gasteiger partial charge in [0.15, 0.2) is 0 Å². The maximum Gasteiger partial charge on any atom is 0.238 e. The SMILES string of the molecule is CCCCCCCCCCCCCCCCS(=O)(=O)NCCCC[C@@H](NS(=O)(=O)CCCCCCCCCCCCCCCC)C(=O)NCCCNCCCCNCCCN. The number of sulfonamides is 2. The Bertz CT molecular complexity index is 1150. The minimum absolute atomic E-state index is 0.0142. The van der Waals surface area contributed by atoms with Crippen molar-refractivity contribution in [3.8, 4) is 0 Å². The zero-order valence-corrected chi connectivity index (χ0v) is 41.8. The zero-order valence-electron chi connectivity index (χ0n) is 40.1. The molecule has 0 unspecified atom stereocenters. The minimum atomic E-state index is -3.64. The van der Waals surface area contributed by atoms with Gasteiger partial charge in [-0.1, -0.05) is 187 Å². The molecule has 0 aliphatic heterocycles. The molecule has 0 aliphatic carbocycles. The number of amides is 1. The van der Waals surface area contributed by atoms with Crippen molar-refractivity contribution in [3.05, 3.63) is 0 Å². The Morgan fingerprint density at radius 1 is 0.410 bits per heavy atom. The molecule has 1 amide bonds. The summed E-state index contributed by atoms with van der Waals surface area (Å²) < 4.78 is 56.9. The maximum atomic E-state index is 13.3. The highest BCUT2D eigenvalue weighted by atomic mass is 32.2. The average Bonchev–Trinajstić information content (AvgIpc) is 3.23. The number of rotatable bonds is 51. The van der Waals surface area contributed by atoms with Crippen molar-refractivity contribution in [1.82, 2.24) is 25.4 Å². The Morgan fingerprint density at radius 3 is 1.20 bits per heavy atom. The van der Waals surface area contributed by atoms with E-state index in [2.05, 4.69) is 39.2 Å². The molecule has 0 saturated heterocycles. The number of carbonyl (C=O) groups is 1. The number of nitrogens with one attached hydrogen (secondary N) is 5. The molecule has 11 nitrogen and oxygen atoms in total. The molecule has 13 heteroatoms. The standard InChI is InChI=1S/C48H102N6O5S2/c1-3-5-7-9-11-13-15-17-19-21-23-25-27-33-45-60(56,57)53-44-30-29-37-47(48(55)52-43-36-42-51-40-32-31-39-50-41-35-38-49)54-61(58,59)46-34-28-26-24-22-20-18-16-14-12-10-8-6-4-2/h47,50-51,53-54H,3-46,49H2,1-2H3,(H,52,55)/t47-/m1/s1. The molecule has 366 valence electrons. The quantitative estimate of drug-likeness (QED) is 0.0328. The van der Waals surface area contributed by atoms with Gasteiger partial charge in [0.2, 0.25) is 26.0 Å². The molecule has 0 fully saturated rings. The lowest BCUT2D eigenvalue weighted by Crippen LogP contribution is -2.47. The third-order valence-corrected chi connectivity index (χ3v) is 14.7. The van der Waals surface area contributed by atoms with Crippen molar-refractivity contribution < 1.29 is 21.6 Å². The first kappa shape index (κ1) is 60.2. The molecule has 0 spiro atoms. The van der Waals surface area contributed by atoms with Crippen LogP contribution in [0.15, 0.2) is 0 Å². The molecule has 0 bridgehead atoms. The first-order valence-corrected chi connectivity index (χ1v) is 29.3. The van der Waals surface area contributed by atoms with E-state index in [1.54, 1.807) is 0 Å². The summed E-state index contributed by atoms with van der Waals surface area (Å²) in [4.78, 5) is 13.3. The van der Waals surface area contributed by atoms with Gasteiger partial charge in [-0.05, 0) is 84.1 Å². The normalized spacial score (nSPS) is 12.6. The molecule has 0 radical (unpaired) electrons. The maximum absolute atomic E-state index is 13.3. The number of unbranched alkanes of at least 4 members (excludes halogenated alkanes) is 28. The van der Waals surface area contributed by atoms with Gasteiger partial charge < -0.3 is 21.7 Å². The fraction of sp³-hybridized carbons (Fsp3) is 0.979. The molecule has 61 heavy (non-hydrogen) atoms. The van der Waals surface area contributed by atoms with Crippen LogP contribution in [0, 0.1) is 0 Å². The summed E-state index contributed by atoms with van der Waals surface area (Å²) in [6.45, 7) is 9.60. The number of nitrogens with two attached hydrogens (primary N) is 1. The van der Waals surface area contributed by atoms with E-state index in [0.717, 1.165) is 84.0 Å². The predicted octanol–water partition coefficient (Wildman–Crippen LogP) is 10.1. The van der Waals surface area contributed by atoms with Crippen LogP contribution in [0.3, 0.4) is 0 Å². The van der Waals surface area contributed by atoms with Crippen molar-refractivity contribution in [2.24, 2.45) is 5.73 Å². The predicted molar refractivity (Wildman–Crippen MR) is 263 cm³/mol. The van der Waals surface area contributed by atoms with Gasteiger partial charge in [0.25, 0.3) is 0 Å². The smallest absolute Gasteiger partial charge is 0.238 e. The van der Waals surface area contributed by atoms with Crippen molar-refractivity contribution in [2.45, 2.75) is 245 Å². The number of carbonyl (C=O) groups excluding carboxylic acids is 1. The van der Waals surface area contributed by atoms with Gasteiger partial charge in [-0.3, -0.25) is 4.79 Å². The van der Waals surface area contributed by atoms with Crippen LogP contribution in [0.5, 0.6) is 0 Å². The molecule has 0 saturated carbocycles. The van der Waals surface area contributed by atoms with Crippen LogP contribution in [-0.2, 0) is 24.8 Å². The molecule has 0 rings (SSSR count). The summed E-state index contributed by atoms with van der Waals surface area (Å²) in [6, 6.07) is -0.872. The largest absolute Gasteiger partial charge is 0.355 e. The van der Waals surface area contributed by atoms with E-state index in [4.69, 9.17) is 5.73 Å². The van der Waals surface area contributed by atoms with Gasteiger partial charge >= 0.3 is 0 Å². The van der Waals surface area contributed by atoms with Crippen LogP contribution in [0.2, 0.25) is 0 Å². The molecular weight excluding hydrogens is 805 g/mol. The van der Waals surface area contributed by atoms with Crippen LogP contribution in [-0.4, -0.2) is 86.1 Å². The first-order valence-electron chi connectivity index (χ1n) is 26.0. The summed E-state index contributed by atoms with van der Waals surface area (Å²) in [7, 11) is -6.99. The Labute approximate surface area is 379 Å². The van der Waals surface area contributed by atoms with E-state index in [-0.39, 0.29) is 24.0 Å². The summed E-state index contributed by atoms with van der Waals surface area (Å²) in [5.41, 5.74) is 5.53. The number of hydrogen-bond donors (Lipinski definition) is 6. The van der Waals surface area contributed by atoms with Crippen LogP contribution in [0.25, 0.3) is 0 Å². The van der Waals surface area contributed by atoms with Crippen LogP contribution < -0.4 is 31.1 Å². The number of hydrogen-bond acceptors (Lipinski definition) is 8. The molecule has 0 aromatic carbocycles. The highest BCUT2D eigenvalue weighted by molar-refractivity contribution is 7.89. The summed E-state index contributed by atoms with van der Waals surface area (Å²) in [5, 5.41) is 9.75. The molecule has 0 aromatic heterocycles. The van der Waals surface area contributed by atoms with Crippen molar-refractivity contribution in [1.29, 1.82) is 0 Å². The minimum Gasteiger partial charge on any atom is -0.355 e. The Kier molecular flexibility index (Phi) is 45.1. The third-order valence-electron chi connectivity index (χ3n) is 11.8. The zero-order chi connectivity index (χ0) is 44.8. The average molecular weight is 908 g/mol. The van der Waals surface area contributed by atoms with E-state index < -0.39 is 26.1 Å². The highest BCUT2D eigenvalue weighted by Gasteiger charge is 2.24. The van der Waals surface area contributed by atoms with E-state index >= 15 is 0 Å². The molecule has 0 aliphatic rings. The Hall–Kier alpha value is -0.830. The van der Waals surface area contributed by atoms with E-state index in [9.17, 15) is 21.6 Å². The van der Waals surface area contributed by atoms with Gasteiger partial charge in [0, 0.05) is 13.1 Å². The topological polar surface area (TPSA) is 172 Å². The molecule has 7 N–H and O–H groups in total. The van der Waals surface area contributed by atoms with Crippen LogP contribution in [0.4, 0.5) is 0 Å². The fourth-order valence-corrected chi connectivity index (χ4v) is 10.3. The van der Waals surface area contributed by atoms with E-state index in [0.29, 0.717) is 45.2 Å². The van der Waals surface area contributed by atoms with Crippen molar-refractivity contribution in [3.63, 3.8) is 0 Å². The van der Waals surface area contributed by atoms with E-state index in [1.165, 1.54) is 135 Å². The van der Waals surface area contributed by atoms with Gasteiger partial charge in [0.05, 0.1) is 11.5 Å². The Balaban J connectivity index is 4.49. The second-order valence-electron chi connectivity index (χ2n) is 17.9. The second kappa shape index (κ2) is 45.7. The van der Waals surface area contributed by atoms with Crippen molar-refractivity contribution in [2.75, 3.05) is 57.3 Å². The fourth-order valence-electron chi connectivity index (χ4n) is 7.79. The monoisotopic (exact) mass is 907 g/mol. The molecular formula is C48H102N6O5S2. The summed E-state index contributed by atoms with van der Waals surface area (Å²) >= 11 is 0. The lowest BCUT2D eigenvalue weighted by Gasteiger charge is -2.19. The van der Waals surface area contributed by atoms with Gasteiger partial charge in [-0.15, -0.1) is 0 Å².